The fraction of sp³-hybridized carbons (Fsp3) is 0.300. The molecule has 0 aromatic heterocycles. The second kappa shape index (κ2) is 8.77. The predicted molar refractivity (Wildman–Crippen MR) is 105 cm³/mol. The van der Waals surface area contributed by atoms with Crippen molar-refractivity contribution >= 4 is 29.2 Å². The molecular formula is C20H22ClN3O3. The number of halogens is 1. The molecule has 27 heavy (non-hydrogen) atoms. The van der Waals surface area contributed by atoms with Crippen molar-refractivity contribution in [3.8, 4) is 5.75 Å². The van der Waals surface area contributed by atoms with Crippen LogP contribution >= 0.6 is 11.6 Å². The largest absolute Gasteiger partial charge is 0.497 e. The minimum atomic E-state index is -0.247. The maximum absolute atomic E-state index is 12.2. The minimum absolute atomic E-state index is 0.0581. The van der Waals surface area contributed by atoms with E-state index in [2.05, 4.69) is 10.6 Å². The van der Waals surface area contributed by atoms with E-state index in [1.54, 1.807) is 24.1 Å². The third-order valence-corrected chi connectivity index (χ3v) is 4.76. The maximum atomic E-state index is 12.2. The number of benzene rings is 2. The summed E-state index contributed by atoms with van der Waals surface area (Å²) in [5.74, 6) is 0.919. The Morgan fingerprint density at radius 3 is 2.52 bits per heavy atom. The molecule has 1 saturated heterocycles. The first-order valence-electron chi connectivity index (χ1n) is 8.75. The van der Waals surface area contributed by atoms with Crippen LogP contribution in [0.2, 0.25) is 5.02 Å². The molecule has 142 valence electrons. The number of carbonyl (C=O) groups is 2. The zero-order chi connectivity index (χ0) is 19.2. The van der Waals surface area contributed by atoms with E-state index < -0.39 is 0 Å². The summed E-state index contributed by atoms with van der Waals surface area (Å²) in [4.78, 5) is 26.0. The molecule has 1 aliphatic rings. The molecule has 6 nitrogen and oxygen atoms in total. The van der Waals surface area contributed by atoms with Crippen LogP contribution < -0.4 is 20.3 Å². The van der Waals surface area contributed by atoms with Crippen LogP contribution in [-0.2, 0) is 11.3 Å². The lowest BCUT2D eigenvalue weighted by molar-refractivity contribution is -0.117. The number of ether oxygens (including phenoxy) is 1. The molecule has 3 amide bonds. The molecule has 0 saturated carbocycles. The van der Waals surface area contributed by atoms with Gasteiger partial charge in [-0.25, -0.2) is 4.79 Å². The first kappa shape index (κ1) is 19.0. The zero-order valence-corrected chi connectivity index (χ0v) is 15.8. The van der Waals surface area contributed by atoms with Crippen LogP contribution in [0.4, 0.5) is 10.5 Å². The second-order valence-corrected chi connectivity index (χ2v) is 6.90. The van der Waals surface area contributed by atoms with Gasteiger partial charge in [0, 0.05) is 42.7 Å². The molecule has 0 spiro atoms. The van der Waals surface area contributed by atoms with Crippen molar-refractivity contribution in [2.24, 2.45) is 5.92 Å². The molecular weight excluding hydrogens is 366 g/mol. The van der Waals surface area contributed by atoms with Crippen LogP contribution in [0.1, 0.15) is 12.0 Å². The van der Waals surface area contributed by atoms with Crippen molar-refractivity contribution in [1.29, 1.82) is 0 Å². The average molecular weight is 388 g/mol. The third-order valence-electron chi connectivity index (χ3n) is 4.51. The number of anilines is 1. The lowest BCUT2D eigenvalue weighted by Crippen LogP contribution is -2.38. The first-order chi connectivity index (χ1) is 13.0. The quantitative estimate of drug-likeness (QED) is 0.799. The summed E-state index contributed by atoms with van der Waals surface area (Å²) in [7, 11) is 1.61. The molecule has 0 unspecified atom stereocenters. The number of hydrogen-bond donors (Lipinski definition) is 2. The van der Waals surface area contributed by atoms with Gasteiger partial charge in [0.2, 0.25) is 5.91 Å². The third kappa shape index (κ3) is 5.14. The van der Waals surface area contributed by atoms with Gasteiger partial charge in [-0.05, 0) is 42.0 Å². The lowest BCUT2D eigenvalue weighted by Gasteiger charge is -2.17. The van der Waals surface area contributed by atoms with E-state index in [1.807, 2.05) is 36.4 Å². The number of nitrogens with one attached hydrogen (secondary N) is 2. The van der Waals surface area contributed by atoms with E-state index >= 15 is 0 Å². The van der Waals surface area contributed by atoms with Crippen molar-refractivity contribution in [2.45, 2.75) is 13.0 Å². The van der Waals surface area contributed by atoms with Crippen LogP contribution in [0.3, 0.4) is 0 Å². The number of carbonyl (C=O) groups excluding carboxylic acids is 2. The summed E-state index contributed by atoms with van der Waals surface area (Å²) in [6, 6.07) is 14.5. The van der Waals surface area contributed by atoms with Crippen LogP contribution in [0.5, 0.6) is 5.75 Å². The van der Waals surface area contributed by atoms with Gasteiger partial charge in [-0.3, -0.25) is 4.79 Å². The smallest absolute Gasteiger partial charge is 0.315 e. The monoisotopic (exact) mass is 387 g/mol. The topological polar surface area (TPSA) is 70.7 Å². The van der Waals surface area contributed by atoms with Gasteiger partial charge in [-0.2, -0.15) is 0 Å². The Morgan fingerprint density at radius 2 is 1.85 bits per heavy atom. The zero-order valence-electron chi connectivity index (χ0n) is 15.1. The molecule has 1 heterocycles. The van der Waals surface area contributed by atoms with E-state index in [0.29, 0.717) is 31.1 Å². The van der Waals surface area contributed by atoms with Crippen molar-refractivity contribution in [3.63, 3.8) is 0 Å². The van der Waals surface area contributed by atoms with E-state index in [1.165, 1.54) is 0 Å². The average Bonchev–Trinajstić information content (AvgIpc) is 3.06. The highest BCUT2D eigenvalue weighted by Crippen LogP contribution is 2.25. The summed E-state index contributed by atoms with van der Waals surface area (Å²) < 4.78 is 5.11. The lowest BCUT2D eigenvalue weighted by atomic mass is 10.1. The Bertz CT molecular complexity index is 793. The van der Waals surface area contributed by atoms with E-state index in [4.69, 9.17) is 16.3 Å². The van der Waals surface area contributed by atoms with Gasteiger partial charge in [-0.15, -0.1) is 0 Å². The summed E-state index contributed by atoms with van der Waals surface area (Å²) in [6.07, 6.45) is 0.418. The number of nitrogens with zero attached hydrogens (tertiary/aromatic N) is 1. The fourth-order valence-corrected chi connectivity index (χ4v) is 3.14. The SMILES string of the molecule is COc1ccc(CNC(=O)NC[C@@H]2CC(=O)N(c3ccc(Cl)cc3)C2)cc1. The van der Waals surface area contributed by atoms with E-state index in [9.17, 15) is 9.59 Å². The van der Waals surface area contributed by atoms with Crippen molar-refractivity contribution < 1.29 is 14.3 Å². The van der Waals surface area contributed by atoms with Crippen molar-refractivity contribution in [1.82, 2.24) is 10.6 Å². The number of methoxy groups -OCH3 is 1. The Balaban J connectivity index is 1.43. The predicted octanol–water partition coefficient (Wildman–Crippen LogP) is 3.20. The van der Waals surface area contributed by atoms with Crippen LogP contribution in [0, 0.1) is 5.92 Å². The summed E-state index contributed by atoms with van der Waals surface area (Å²) >= 11 is 5.89. The molecule has 1 aliphatic heterocycles. The Hall–Kier alpha value is -2.73. The van der Waals surface area contributed by atoms with Gasteiger partial charge in [0.15, 0.2) is 0 Å². The highest BCUT2D eigenvalue weighted by molar-refractivity contribution is 6.30. The minimum Gasteiger partial charge on any atom is -0.497 e. The molecule has 2 N–H and O–H groups in total. The van der Waals surface area contributed by atoms with Gasteiger partial charge in [0.25, 0.3) is 0 Å². The first-order valence-corrected chi connectivity index (χ1v) is 9.13. The van der Waals surface area contributed by atoms with Crippen LogP contribution in [0.15, 0.2) is 48.5 Å². The highest BCUT2D eigenvalue weighted by Gasteiger charge is 2.30. The Labute approximate surface area is 163 Å². The molecule has 0 aliphatic carbocycles. The van der Waals surface area contributed by atoms with Crippen molar-refractivity contribution in [3.05, 3.63) is 59.1 Å². The van der Waals surface area contributed by atoms with Crippen LogP contribution in [-0.4, -0.2) is 32.1 Å². The fourth-order valence-electron chi connectivity index (χ4n) is 3.01. The van der Waals surface area contributed by atoms with Gasteiger partial charge in [0.1, 0.15) is 5.75 Å². The normalized spacial score (nSPS) is 16.3. The number of urea groups is 1. The van der Waals surface area contributed by atoms with Gasteiger partial charge in [0.05, 0.1) is 7.11 Å². The number of amides is 3. The summed E-state index contributed by atoms with van der Waals surface area (Å²) in [6.45, 7) is 1.46. The van der Waals surface area contributed by atoms with E-state index in [0.717, 1.165) is 17.0 Å². The Morgan fingerprint density at radius 1 is 1.15 bits per heavy atom. The summed E-state index contributed by atoms with van der Waals surface area (Å²) in [5, 5.41) is 6.30. The number of rotatable bonds is 6. The van der Waals surface area contributed by atoms with Gasteiger partial charge in [-0.1, -0.05) is 23.7 Å². The molecule has 2 aromatic rings. The van der Waals surface area contributed by atoms with Crippen LogP contribution in [0.25, 0.3) is 0 Å². The summed E-state index contributed by atoms with van der Waals surface area (Å²) in [5.41, 5.74) is 1.81. The maximum Gasteiger partial charge on any atom is 0.315 e. The van der Waals surface area contributed by atoms with Gasteiger partial charge < -0.3 is 20.3 Å². The van der Waals surface area contributed by atoms with Gasteiger partial charge >= 0.3 is 6.03 Å². The molecule has 1 fully saturated rings. The van der Waals surface area contributed by atoms with E-state index in [-0.39, 0.29) is 17.9 Å². The number of hydrogen-bond acceptors (Lipinski definition) is 3. The molecule has 2 aromatic carbocycles. The molecule has 1 atom stereocenters. The second-order valence-electron chi connectivity index (χ2n) is 6.46. The highest BCUT2D eigenvalue weighted by atomic mass is 35.5. The molecule has 0 bridgehead atoms. The standard InChI is InChI=1S/C20H22ClN3O3/c1-27-18-8-2-14(3-9-18)11-22-20(26)23-12-15-10-19(25)24(13-15)17-6-4-16(21)5-7-17/h2-9,15H,10-13H2,1H3,(H2,22,23,26)/t15-/m0/s1. The van der Waals surface area contributed by atoms with Crippen molar-refractivity contribution in [2.75, 3.05) is 25.1 Å². The molecule has 0 radical (unpaired) electrons. The Kier molecular flexibility index (Phi) is 6.19. The molecule has 3 rings (SSSR count). The molecule has 7 heteroatoms.